The van der Waals surface area contributed by atoms with Crippen LogP contribution in [0.15, 0.2) is 0 Å². The van der Waals surface area contributed by atoms with Crippen molar-refractivity contribution in [3.8, 4) is 0 Å². The summed E-state index contributed by atoms with van der Waals surface area (Å²) >= 11 is -0.468. The van der Waals surface area contributed by atoms with Gasteiger partial charge in [0.25, 0.3) is 0 Å². The highest BCUT2D eigenvalue weighted by atomic mass is 32.3. The van der Waals surface area contributed by atoms with Crippen LogP contribution in [0.4, 0.5) is 0 Å². The summed E-state index contributed by atoms with van der Waals surface area (Å²) in [6, 6.07) is 0. The van der Waals surface area contributed by atoms with Gasteiger partial charge in [-0.3, -0.25) is 4.79 Å². The standard InChI is InChI=1S/C16H31O4S2/c1-3-21(4-2)20-22(18,19)14-10-6-9-13-16(17)15-11-7-5-8-12-15/h15H,3-14H2,1-2H3/q+1. The number of ketones is 1. The van der Waals surface area contributed by atoms with Gasteiger partial charge in [0.2, 0.25) is 0 Å². The quantitative estimate of drug-likeness (QED) is 0.421. The molecule has 0 heterocycles. The van der Waals surface area contributed by atoms with E-state index < -0.39 is 21.3 Å². The Labute approximate surface area is 139 Å². The summed E-state index contributed by atoms with van der Waals surface area (Å²) in [5.41, 5.74) is 0. The fourth-order valence-electron chi connectivity index (χ4n) is 2.86. The monoisotopic (exact) mass is 351 g/mol. The van der Waals surface area contributed by atoms with Crippen molar-refractivity contribution in [2.24, 2.45) is 5.92 Å². The summed E-state index contributed by atoms with van der Waals surface area (Å²) in [4.78, 5) is 12.0. The lowest BCUT2D eigenvalue weighted by Crippen LogP contribution is -2.20. The molecule has 1 aliphatic rings. The SMILES string of the molecule is CC[S+](CC)OS(=O)(=O)CCCCCC(=O)C1CCCCC1. The second-order valence-electron chi connectivity index (χ2n) is 5.96. The Kier molecular flexibility index (Phi) is 9.68. The average molecular weight is 352 g/mol. The third kappa shape index (κ3) is 7.97. The second-order valence-corrected chi connectivity index (χ2v) is 10.1. The smallest absolute Gasteiger partial charge is 0.299 e. The number of carbonyl (C=O) groups excluding carboxylic acids is 1. The van der Waals surface area contributed by atoms with Gasteiger partial charge in [0.05, 0.1) is 5.75 Å². The Hall–Kier alpha value is -0.0700. The van der Waals surface area contributed by atoms with Gasteiger partial charge in [-0.05, 0) is 43.2 Å². The minimum atomic E-state index is -3.40. The molecule has 0 spiro atoms. The molecule has 0 radical (unpaired) electrons. The molecule has 0 amide bonds. The maximum Gasteiger partial charge on any atom is 0.311 e. The van der Waals surface area contributed by atoms with Crippen LogP contribution in [0.3, 0.4) is 0 Å². The van der Waals surface area contributed by atoms with Gasteiger partial charge in [-0.25, -0.2) is 0 Å². The molecule has 0 unspecified atom stereocenters. The van der Waals surface area contributed by atoms with Gasteiger partial charge >= 0.3 is 10.1 Å². The van der Waals surface area contributed by atoms with E-state index in [4.69, 9.17) is 3.63 Å². The molecule has 0 atom stereocenters. The largest absolute Gasteiger partial charge is 0.311 e. The predicted molar refractivity (Wildman–Crippen MR) is 93.4 cm³/mol. The van der Waals surface area contributed by atoms with Crippen LogP contribution in [0.2, 0.25) is 0 Å². The number of hydrogen-bond donors (Lipinski definition) is 0. The van der Waals surface area contributed by atoms with Gasteiger partial charge in [-0.15, -0.1) is 0 Å². The molecule has 0 N–H and O–H groups in total. The molecule has 1 aliphatic carbocycles. The van der Waals surface area contributed by atoms with E-state index in [-0.39, 0.29) is 11.7 Å². The number of hydrogen-bond acceptors (Lipinski definition) is 4. The number of rotatable bonds is 11. The molecule has 0 aliphatic heterocycles. The van der Waals surface area contributed by atoms with Crippen molar-refractivity contribution in [2.45, 2.75) is 71.6 Å². The normalized spacial score (nSPS) is 17.0. The Balaban J connectivity index is 2.15. The number of Topliss-reactive ketones (excluding diaryl/α,β-unsaturated/α-hetero) is 1. The van der Waals surface area contributed by atoms with E-state index in [9.17, 15) is 13.2 Å². The molecule has 6 heteroatoms. The van der Waals surface area contributed by atoms with Crippen LogP contribution < -0.4 is 0 Å². The van der Waals surface area contributed by atoms with Crippen LogP contribution in [0.25, 0.3) is 0 Å². The molecular formula is C16H31O4S2+. The first kappa shape index (κ1) is 20.0. The summed E-state index contributed by atoms with van der Waals surface area (Å²) in [6.07, 6.45) is 8.52. The summed E-state index contributed by atoms with van der Waals surface area (Å²) in [6.45, 7) is 3.89. The van der Waals surface area contributed by atoms with E-state index in [0.717, 1.165) is 37.2 Å². The van der Waals surface area contributed by atoms with Crippen molar-refractivity contribution in [1.82, 2.24) is 0 Å². The number of unbranched alkanes of at least 4 members (excludes halogenated alkanes) is 2. The molecular weight excluding hydrogens is 320 g/mol. The molecule has 1 saturated carbocycles. The zero-order valence-electron chi connectivity index (χ0n) is 14.0. The van der Waals surface area contributed by atoms with E-state index >= 15 is 0 Å². The predicted octanol–water partition coefficient (Wildman–Crippen LogP) is 3.62. The molecule has 22 heavy (non-hydrogen) atoms. The summed E-state index contributed by atoms with van der Waals surface area (Å²) < 4.78 is 28.8. The zero-order chi connectivity index (χ0) is 16.4. The topological polar surface area (TPSA) is 60.4 Å². The first-order valence-electron chi connectivity index (χ1n) is 8.61. The molecule has 0 bridgehead atoms. The zero-order valence-corrected chi connectivity index (χ0v) is 15.6. The highest BCUT2D eigenvalue weighted by Crippen LogP contribution is 2.25. The van der Waals surface area contributed by atoms with Gasteiger partial charge in [-0.2, -0.15) is 8.42 Å². The first-order valence-corrected chi connectivity index (χ1v) is 11.7. The minimum Gasteiger partial charge on any atom is -0.299 e. The van der Waals surface area contributed by atoms with Crippen molar-refractivity contribution < 1.29 is 16.8 Å². The summed E-state index contributed by atoms with van der Waals surface area (Å²) in [5.74, 6) is 2.22. The van der Waals surface area contributed by atoms with Gasteiger partial charge in [0.15, 0.2) is 11.2 Å². The maximum absolute atomic E-state index is 12.0. The first-order chi connectivity index (χ1) is 10.5. The lowest BCUT2D eigenvalue weighted by Gasteiger charge is -2.20. The Morgan fingerprint density at radius 2 is 1.68 bits per heavy atom. The lowest BCUT2D eigenvalue weighted by atomic mass is 9.84. The third-order valence-electron chi connectivity index (χ3n) is 4.22. The Bertz CT molecular complexity index is 410. The molecule has 0 saturated heterocycles. The van der Waals surface area contributed by atoms with Crippen LogP contribution in [-0.4, -0.2) is 31.5 Å². The van der Waals surface area contributed by atoms with Crippen LogP contribution in [0.5, 0.6) is 0 Å². The highest BCUT2D eigenvalue weighted by molar-refractivity contribution is 8.02. The molecule has 0 aromatic heterocycles. The van der Waals surface area contributed by atoms with Crippen molar-refractivity contribution in [1.29, 1.82) is 0 Å². The van der Waals surface area contributed by atoms with Crippen LogP contribution in [0.1, 0.15) is 71.6 Å². The van der Waals surface area contributed by atoms with Gasteiger partial charge in [0, 0.05) is 12.3 Å². The minimum absolute atomic E-state index is 0.0775. The molecule has 0 aromatic rings. The summed E-state index contributed by atoms with van der Waals surface area (Å²) in [5, 5.41) is 0. The van der Waals surface area contributed by atoms with Crippen LogP contribution in [-0.2, 0) is 29.7 Å². The summed E-state index contributed by atoms with van der Waals surface area (Å²) in [7, 11) is -3.40. The van der Waals surface area contributed by atoms with E-state index in [1.165, 1.54) is 19.3 Å². The van der Waals surface area contributed by atoms with Crippen LogP contribution >= 0.6 is 0 Å². The average Bonchev–Trinajstić information content (AvgIpc) is 2.52. The van der Waals surface area contributed by atoms with Gasteiger partial charge in [0.1, 0.15) is 17.3 Å². The second kappa shape index (κ2) is 10.7. The van der Waals surface area contributed by atoms with Crippen molar-refractivity contribution >= 4 is 27.1 Å². The van der Waals surface area contributed by atoms with Crippen molar-refractivity contribution in [3.63, 3.8) is 0 Å². The lowest BCUT2D eigenvalue weighted by molar-refractivity contribution is -0.123. The van der Waals surface area contributed by atoms with Crippen LogP contribution in [0, 0.1) is 5.92 Å². The fraction of sp³-hybridized carbons (Fsp3) is 0.938. The van der Waals surface area contributed by atoms with E-state index in [0.29, 0.717) is 18.6 Å². The van der Waals surface area contributed by atoms with Crippen molar-refractivity contribution in [3.05, 3.63) is 0 Å². The van der Waals surface area contributed by atoms with E-state index in [1.54, 1.807) is 0 Å². The highest BCUT2D eigenvalue weighted by Gasteiger charge is 2.25. The Morgan fingerprint density at radius 1 is 1.05 bits per heavy atom. The molecule has 4 nitrogen and oxygen atoms in total. The molecule has 130 valence electrons. The van der Waals surface area contributed by atoms with E-state index in [1.807, 2.05) is 13.8 Å². The molecule has 0 aromatic carbocycles. The Morgan fingerprint density at radius 3 is 2.27 bits per heavy atom. The van der Waals surface area contributed by atoms with Crippen molar-refractivity contribution in [2.75, 3.05) is 17.3 Å². The van der Waals surface area contributed by atoms with E-state index in [2.05, 4.69) is 0 Å². The van der Waals surface area contributed by atoms with Gasteiger partial charge in [-0.1, -0.05) is 25.7 Å². The fourth-order valence-corrected chi connectivity index (χ4v) is 6.05. The molecule has 1 fully saturated rings. The molecule has 1 rings (SSSR count). The maximum atomic E-state index is 12.0. The third-order valence-corrected chi connectivity index (χ3v) is 7.90. The van der Waals surface area contributed by atoms with Gasteiger partial charge < -0.3 is 0 Å². The number of carbonyl (C=O) groups is 1.